The zero-order valence-corrected chi connectivity index (χ0v) is 13.5. The number of methoxy groups -OCH3 is 1. The summed E-state index contributed by atoms with van der Waals surface area (Å²) in [4.78, 5) is 12.1. The summed E-state index contributed by atoms with van der Waals surface area (Å²) in [5.74, 6) is 1.35. The minimum atomic E-state index is -0.124. The number of hydrogen-bond acceptors (Lipinski definition) is 4. The lowest BCUT2D eigenvalue weighted by molar-refractivity contribution is -0.110. The average molecular weight is 332 g/mol. The number of H-pyrrole nitrogens is 1. The maximum absolute atomic E-state index is 12.1. The van der Waals surface area contributed by atoms with Gasteiger partial charge in [-0.15, -0.1) is 0 Å². The molecular formula is C19H16N4O2. The number of carbonyl (C=O) groups is 1. The van der Waals surface area contributed by atoms with Crippen LogP contribution in [0.1, 0.15) is 5.56 Å². The van der Waals surface area contributed by atoms with E-state index in [9.17, 15) is 4.79 Å². The molecule has 4 rings (SSSR count). The summed E-state index contributed by atoms with van der Waals surface area (Å²) >= 11 is 0. The zero-order valence-electron chi connectivity index (χ0n) is 13.5. The first kappa shape index (κ1) is 15.0. The summed E-state index contributed by atoms with van der Waals surface area (Å²) in [5.41, 5.74) is 4.03. The van der Waals surface area contributed by atoms with Crippen molar-refractivity contribution in [1.82, 2.24) is 10.2 Å². The van der Waals surface area contributed by atoms with Gasteiger partial charge in [0.1, 0.15) is 11.6 Å². The molecule has 1 amide bonds. The van der Waals surface area contributed by atoms with Crippen LogP contribution in [-0.4, -0.2) is 23.2 Å². The number of amides is 1. The van der Waals surface area contributed by atoms with Crippen LogP contribution in [0.2, 0.25) is 0 Å². The first-order valence-electron chi connectivity index (χ1n) is 7.82. The largest absolute Gasteiger partial charge is 0.497 e. The molecule has 0 atom stereocenters. The Kier molecular flexibility index (Phi) is 3.70. The molecule has 2 heterocycles. The predicted octanol–water partition coefficient (Wildman–Crippen LogP) is 3.49. The third-order valence-corrected chi connectivity index (χ3v) is 4.03. The van der Waals surface area contributed by atoms with E-state index in [1.54, 1.807) is 13.3 Å². The van der Waals surface area contributed by atoms with Gasteiger partial charge in [-0.1, -0.05) is 30.3 Å². The SMILES string of the molecule is COc1cccc(-c2cc(N/C=C3/C(=O)Nc4ccccc43)[nH]n2)c1. The van der Waals surface area contributed by atoms with Gasteiger partial charge in [0, 0.05) is 29.1 Å². The number of nitrogens with zero attached hydrogens (tertiary/aromatic N) is 1. The fraction of sp³-hybridized carbons (Fsp3) is 0.0526. The van der Waals surface area contributed by atoms with E-state index in [0.29, 0.717) is 11.4 Å². The number of nitrogens with one attached hydrogen (secondary N) is 3. The Labute approximate surface area is 144 Å². The molecule has 3 N–H and O–H groups in total. The Morgan fingerprint density at radius 3 is 2.88 bits per heavy atom. The lowest BCUT2D eigenvalue weighted by Crippen LogP contribution is -2.05. The lowest BCUT2D eigenvalue weighted by atomic mass is 10.1. The molecule has 0 fully saturated rings. The summed E-state index contributed by atoms with van der Waals surface area (Å²) < 4.78 is 5.24. The molecule has 0 aliphatic carbocycles. The number of aromatic amines is 1. The third-order valence-electron chi connectivity index (χ3n) is 4.03. The van der Waals surface area contributed by atoms with Gasteiger partial charge in [-0.05, 0) is 18.2 Å². The van der Waals surface area contributed by atoms with Crippen molar-refractivity contribution in [3.05, 3.63) is 66.4 Å². The summed E-state index contributed by atoms with van der Waals surface area (Å²) in [6.45, 7) is 0. The number of carbonyl (C=O) groups excluding carboxylic acids is 1. The van der Waals surface area contributed by atoms with Crippen LogP contribution in [-0.2, 0) is 4.79 Å². The normalized spacial score (nSPS) is 14.3. The molecule has 25 heavy (non-hydrogen) atoms. The number of rotatable bonds is 4. The van der Waals surface area contributed by atoms with Gasteiger partial charge < -0.3 is 15.4 Å². The van der Waals surface area contributed by atoms with Crippen molar-refractivity contribution >= 4 is 23.0 Å². The van der Waals surface area contributed by atoms with Gasteiger partial charge in [0.2, 0.25) is 0 Å². The Morgan fingerprint density at radius 2 is 2.00 bits per heavy atom. The van der Waals surface area contributed by atoms with Gasteiger partial charge in [-0.3, -0.25) is 9.89 Å². The van der Waals surface area contributed by atoms with E-state index in [0.717, 1.165) is 28.3 Å². The van der Waals surface area contributed by atoms with Crippen LogP contribution >= 0.6 is 0 Å². The molecule has 0 saturated heterocycles. The number of ether oxygens (including phenoxy) is 1. The van der Waals surface area contributed by atoms with Crippen molar-refractivity contribution in [2.75, 3.05) is 17.7 Å². The maximum atomic E-state index is 12.1. The van der Waals surface area contributed by atoms with E-state index in [2.05, 4.69) is 20.8 Å². The molecule has 6 nitrogen and oxygen atoms in total. The number of benzene rings is 2. The molecule has 0 bridgehead atoms. The second-order valence-electron chi connectivity index (χ2n) is 5.60. The van der Waals surface area contributed by atoms with E-state index in [-0.39, 0.29) is 5.91 Å². The van der Waals surface area contributed by atoms with E-state index in [1.165, 1.54) is 0 Å². The topological polar surface area (TPSA) is 79.0 Å². The number of para-hydroxylation sites is 1. The Bertz CT molecular complexity index is 975. The van der Waals surface area contributed by atoms with Gasteiger partial charge in [0.25, 0.3) is 5.91 Å². The highest BCUT2D eigenvalue weighted by molar-refractivity contribution is 6.31. The van der Waals surface area contributed by atoms with Crippen LogP contribution in [0.15, 0.2) is 60.8 Å². The number of hydrogen-bond donors (Lipinski definition) is 3. The standard InChI is InChI=1S/C19H16N4O2/c1-25-13-6-4-5-12(9-13)17-10-18(23-22-17)20-11-15-14-7-2-3-8-16(14)21-19(15)24/h2-11H,1H3,(H,21,24)(H2,20,22,23)/b15-11+. The fourth-order valence-corrected chi connectivity index (χ4v) is 2.76. The second kappa shape index (κ2) is 6.16. The molecule has 3 aromatic rings. The van der Waals surface area contributed by atoms with Crippen molar-refractivity contribution in [3.63, 3.8) is 0 Å². The predicted molar refractivity (Wildman–Crippen MR) is 97.2 cm³/mol. The minimum absolute atomic E-state index is 0.124. The molecule has 124 valence electrons. The molecule has 1 aliphatic rings. The monoisotopic (exact) mass is 332 g/mol. The van der Waals surface area contributed by atoms with Crippen molar-refractivity contribution in [3.8, 4) is 17.0 Å². The van der Waals surface area contributed by atoms with Gasteiger partial charge in [0.05, 0.1) is 18.4 Å². The quantitative estimate of drug-likeness (QED) is 0.639. The Morgan fingerprint density at radius 1 is 1.12 bits per heavy atom. The summed E-state index contributed by atoms with van der Waals surface area (Å²) in [7, 11) is 1.63. The van der Waals surface area contributed by atoms with Crippen molar-refractivity contribution in [2.45, 2.75) is 0 Å². The van der Waals surface area contributed by atoms with Crippen molar-refractivity contribution in [2.24, 2.45) is 0 Å². The maximum Gasteiger partial charge on any atom is 0.257 e. The van der Waals surface area contributed by atoms with Gasteiger partial charge in [0.15, 0.2) is 0 Å². The second-order valence-corrected chi connectivity index (χ2v) is 5.60. The number of aromatic nitrogens is 2. The van der Waals surface area contributed by atoms with Crippen LogP contribution in [0, 0.1) is 0 Å². The van der Waals surface area contributed by atoms with E-state index in [1.807, 2.05) is 54.6 Å². The highest BCUT2D eigenvalue weighted by Gasteiger charge is 2.23. The molecule has 0 unspecified atom stereocenters. The first-order valence-corrected chi connectivity index (χ1v) is 7.82. The molecule has 6 heteroatoms. The summed E-state index contributed by atoms with van der Waals surface area (Å²) in [6, 6.07) is 17.1. The molecule has 2 aromatic carbocycles. The average Bonchev–Trinajstić information content (AvgIpc) is 3.24. The van der Waals surface area contributed by atoms with Crippen LogP contribution in [0.3, 0.4) is 0 Å². The van der Waals surface area contributed by atoms with Gasteiger partial charge in [-0.2, -0.15) is 5.10 Å². The van der Waals surface area contributed by atoms with E-state index >= 15 is 0 Å². The highest BCUT2D eigenvalue weighted by Crippen LogP contribution is 2.31. The van der Waals surface area contributed by atoms with Gasteiger partial charge >= 0.3 is 0 Å². The van der Waals surface area contributed by atoms with E-state index < -0.39 is 0 Å². The molecule has 1 aromatic heterocycles. The molecular weight excluding hydrogens is 316 g/mol. The van der Waals surface area contributed by atoms with Crippen LogP contribution in [0.4, 0.5) is 11.5 Å². The van der Waals surface area contributed by atoms with Crippen molar-refractivity contribution in [1.29, 1.82) is 0 Å². The van der Waals surface area contributed by atoms with Crippen LogP contribution in [0.5, 0.6) is 5.75 Å². The summed E-state index contributed by atoms with van der Waals surface area (Å²) in [6.07, 6.45) is 1.68. The molecule has 1 aliphatic heterocycles. The van der Waals surface area contributed by atoms with Crippen LogP contribution in [0.25, 0.3) is 16.8 Å². The molecule has 0 spiro atoms. The molecule has 0 saturated carbocycles. The Hall–Kier alpha value is -3.54. The fourth-order valence-electron chi connectivity index (χ4n) is 2.76. The van der Waals surface area contributed by atoms with Crippen LogP contribution < -0.4 is 15.4 Å². The highest BCUT2D eigenvalue weighted by atomic mass is 16.5. The van der Waals surface area contributed by atoms with Gasteiger partial charge in [-0.25, -0.2) is 0 Å². The first-order chi connectivity index (χ1) is 12.2. The minimum Gasteiger partial charge on any atom is -0.497 e. The smallest absolute Gasteiger partial charge is 0.257 e. The lowest BCUT2D eigenvalue weighted by Gasteiger charge is -2.01. The van der Waals surface area contributed by atoms with Crippen molar-refractivity contribution < 1.29 is 9.53 Å². The molecule has 0 radical (unpaired) electrons. The zero-order chi connectivity index (χ0) is 17.2. The number of fused-ring (bicyclic) bond motifs is 1. The third kappa shape index (κ3) is 2.85. The van der Waals surface area contributed by atoms with E-state index in [4.69, 9.17) is 4.74 Å². The number of anilines is 2. The summed E-state index contributed by atoms with van der Waals surface area (Å²) in [5, 5.41) is 13.2. The Balaban J connectivity index is 1.57.